The van der Waals surface area contributed by atoms with Crippen molar-refractivity contribution in [1.82, 2.24) is 5.32 Å². The van der Waals surface area contributed by atoms with Gasteiger partial charge in [0, 0.05) is 18.3 Å². The number of carbonyl (C=O) groups excluding carboxylic acids is 2. The lowest BCUT2D eigenvalue weighted by Gasteiger charge is -2.14. The lowest BCUT2D eigenvalue weighted by Crippen LogP contribution is -2.22. The van der Waals surface area contributed by atoms with E-state index in [-0.39, 0.29) is 11.8 Å². The van der Waals surface area contributed by atoms with Crippen molar-refractivity contribution in [3.63, 3.8) is 0 Å². The van der Waals surface area contributed by atoms with Gasteiger partial charge in [-0.15, -0.1) is 0 Å². The molecule has 0 saturated heterocycles. The van der Waals surface area contributed by atoms with Gasteiger partial charge in [0.25, 0.3) is 5.91 Å². The van der Waals surface area contributed by atoms with Crippen molar-refractivity contribution in [2.24, 2.45) is 4.99 Å². The topological polar surface area (TPSA) is 70.6 Å². The van der Waals surface area contributed by atoms with Crippen LogP contribution >= 0.6 is 0 Å². The van der Waals surface area contributed by atoms with Crippen LogP contribution < -0.4 is 10.6 Å². The molecule has 1 aliphatic rings. The molecule has 5 nitrogen and oxygen atoms in total. The third-order valence-corrected chi connectivity index (χ3v) is 4.72. The highest BCUT2D eigenvalue weighted by molar-refractivity contribution is 6.24. The molecule has 0 radical (unpaired) electrons. The molecular weight excluding hydrogens is 350 g/mol. The van der Waals surface area contributed by atoms with Gasteiger partial charge in [-0.2, -0.15) is 0 Å². The van der Waals surface area contributed by atoms with E-state index >= 15 is 0 Å². The quantitative estimate of drug-likeness (QED) is 0.685. The van der Waals surface area contributed by atoms with Crippen LogP contribution in [0, 0.1) is 0 Å². The molecule has 1 atom stereocenters. The number of anilines is 1. The summed E-state index contributed by atoms with van der Waals surface area (Å²) < 4.78 is 0. The second-order valence-corrected chi connectivity index (χ2v) is 6.50. The van der Waals surface area contributed by atoms with E-state index in [0.29, 0.717) is 17.0 Å². The number of hydrogen-bond donors (Lipinski definition) is 2. The van der Waals surface area contributed by atoms with E-state index in [0.717, 1.165) is 16.8 Å². The summed E-state index contributed by atoms with van der Waals surface area (Å²) in [6.45, 7) is 0. The lowest BCUT2D eigenvalue weighted by atomic mass is 9.89. The van der Waals surface area contributed by atoms with Crippen molar-refractivity contribution < 1.29 is 9.59 Å². The highest BCUT2D eigenvalue weighted by Gasteiger charge is 2.35. The molecule has 1 heterocycles. The lowest BCUT2D eigenvalue weighted by molar-refractivity contribution is -0.115. The zero-order chi connectivity index (χ0) is 19.5. The van der Waals surface area contributed by atoms with Gasteiger partial charge >= 0.3 is 0 Å². The summed E-state index contributed by atoms with van der Waals surface area (Å²) in [6, 6.07) is 24.4. The molecular formula is C23H19N3O2. The fraction of sp³-hybridized carbons (Fsp3) is 0.0870. The maximum Gasteiger partial charge on any atom is 0.251 e. The fourth-order valence-electron chi connectivity index (χ4n) is 3.36. The van der Waals surface area contributed by atoms with E-state index in [1.165, 1.54) is 0 Å². The number of para-hydroxylation sites is 1. The van der Waals surface area contributed by atoms with Crippen LogP contribution in [0.2, 0.25) is 0 Å². The van der Waals surface area contributed by atoms with Crippen molar-refractivity contribution in [2.45, 2.75) is 5.92 Å². The van der Waals surface area contributed by atoms with Crippen molar-refractivity contribution in [3.05, 3.63) is 95.6 Å². The first kappa shape index (κ1) is 17.7. The highest BCUT2D eigenvalue weighted by Crippen LogP contribution is 2.36. The van der Waals surface area contributed by atoms with Crippen molar-refractivity contribution in [3.8, 4) is 0 Å². The van der Waals surface area contributed by atoms with Crippen LogP contribution in [0.5, 0.6) is 0 Å². The summed E-state index contributed by atoms with van der Waals surface area (Å²) in [7, 11) is 1.59. The molecule has 3 aromatic carbocycles. The summed E-state index contributed by atoms with van der Waals surface area (Å²) in [6.07, 6.45) is 0. The largest absolute Gasteiger partial charge is 0.355 e. The van der Waals surface area contributed by atoms with Gasteiger partial charge in [-0.3, -0.25) is 14.6 Å². The minimum absolute atomic E-state index is 0.150. The monoisotopic (exact) mass is 369 g/mol. The molecule has 0 bridgehead atoms. The van der Waals surface area contributed by atoms with Gasteiger partial charge in [0.2, 0.25) is 5.91 Å². The number of nitrogens with zero attached hydrogens (tertiary/aromatic N) is 1. The molecule has 2 N–H and O–H groups in total. The normalized spacial score (nSPS) is 15.7. The Balaban J connectivity index is 1.87. The first-order chi connectivity index (χ1) is 13.7. The number of amides is 2. The van der Waals surface area contributed by atoms with Crippen LogP contribution in [0.3, 0.4) is 0 Å². The molecule has 0 saturated carbocycles. The van der Waals surface area contributed by atoms with E-state index in [2.05, 4.69) is 10.6 Å². The van der Waals surface area contributed by atoms with E-state index in [4.69, 9.17) is 4.99 Å². The van der Waals surface area contributed by atoms with E-state index in [9.17, 15) is 9.59 Å². The van der Waals surface area contributed by atoms with Crippen LogP contribution in [-0.2, 0) is 4.79 Å². The standard InChI is InChI=1S/C23H19N3O2/c1-24-22(27)16-12-13-19-18(14-16)20(23(28)26-19)21(15-8-4-2-5-9-15)25-17-10-6-3-7-11-17/h2-14,20H,1H3,(H,24,27)(H,26,28). The van der Waals surface area contributed by atoms with E-state index in [1.807, 2.05) is 60.7 Å². The van der Waals surface area contributed by atoms with Crippen LogP contribution in [0.4, 0.5) is 11.4 Å². The fourth-order valence-corrected chi connectivity index (χ4v) is 3.36. The summed E-state index contributed by atoms with van der Waals surface area (Å²) in [5, 5.41) is 5.54. The number of rotatable bonds is 4. The van der Waals surface area contributed by atoms with Gasteiger partial charge < -0.3 is 10.6 Å². The maximum absolute atomic E-state index is 12.9. The minimum Gasteiger partial charge on any atom is -0.355 e. The summed E-state index contributed by atoms with van der Waals surface area (Å²) in [5.41, 5.74) is 4.26. The first-order valence-corrected chi connectivity index (χ1v) is 9.03. The van der Waals surface area contributed by atoms with Crippen molar-refractivity contribution in [1.29, 1.82) is 0 Å². The Morgan fingerprint density at radius 3 is 2.29 bits per heavy atom. The Bertz CT molecular complexity index is 1060. The van der Waals surface area contributed by atoms with Crippen LogP contribution in [0.15, 0.2) is 83.9 Å². The molecule has 28 heavy (non-hydrogen) atoms. The Hall–Kier alpha value is -3.73. The minimum atomic E-state index is -0.595. The Morgan fingerprint density at radius 2 is 1.61 bits per heavy atom. The highest BCUT2D eigenvalue weighted by atomic mass is 16.2. The van der Waals surface area contributed by atoms with Crippen LogP contribution in [0.1, 0.15) is 27.4 Å². The van der Waals surface area contributed by atoms with Crippen LogP contribution in [-0.4, -0.2) is 24.6 Å². The number of nitrogens with one attached hydrogen (secondary N) is 2. The number of carbonyl (C=O) groups is 2. The average molecular weight is 369 g/mol. The Kier molecular flexibility index (Phi) is 4.72. The Morgan fingerprint density at radius 1 is 0.929 bits per heavy atom. The average Bonchev–Trinajstić information content (AvgIpc) is 3.07. The zero-order valence-electron chi connectivity index (χ0n) is 15.3. The van der Waals surface area contributed by atoms with Crippen molar-refractivity contribution in [2.75, 3.05) is 12.4 Å². The maximum atomic E-state index is 12.9. The van der Waals surface area contributed by atoms with Gasteiger partial charge in [-0.05, 0) is 41.5 Å². The molecule has 1 unspecified atom stereocenters. The number of benzene rings is 3. The van der Waals surface area contributed by atoms with Gasteiger partial charge in [0.05, 0.1) is 11.4 Å². The van der Waals surface area contributed by atoms with Crippen molar-refractivity contribution >= 4 is 28.9 Å². The number of aliphatic imine (C=N–C) groups is 1. The first-order valence-electron chi connectivity index (χ1n) is 9.03. The molecule has 0 spiro atoms. The smallest absolute Gasteiger partial charge is 0.251 e. The zero-order valence-corrected chi connectivity index (χ0v) is 15.3. The predicted molar refractivity (Wildman–Crippen MR) is 110 cm³/mol. The molecule has 138 valence electrons. The molecule has 2 amide bonds. The molecule has 4 rings (SSSR count). The summed E-state index contributed by atoms with van der Waals surface area (Å²) in [5.74, 6) is -0.938. The van der Waals surface area contributed by atoms with E-state index in [1.54, 1.807) is 25.2 Å². The van der Waals surface area contributed by atoms with Gasteiger partial charge in [-0.25, -0.2) is 0 Å². The SMILES string of the molecule is CNC(=O)c1ccc2c(c1)C(C(=Nc1ccccc1)c1ccccc1)C(=O)N2. The van der Waals surface area contributed by atoms with Gasteiger partial charge in [0.1, 0.15) is 5.92 Å². The Labute approximate surface area is 163 Å². The number of fused-ring (bicyclic) bond motifs is 1. The molecule has 0 fully saturated rings. The van der Waals surface area contributed by atoms with Crippen LogP contribution in [0.25, 0.3) is 0 Å². The molecule has 5 heteroatoms. The summed E-state index contributed by atoms with van der Waals surface area (Å²) >= 11 is 0. The predicted octanol–water partition coefficient (Wildman–Crippen LogP) is 3.90. The molecule has 0 aliphatic carbocycles. The molecule has 3 aromatic rings. The summed E-state index contributed by atoms with van der Waals surface area (Å²) in [4.78, 5) is 29.8. The van der Waals surface area contributed by atoms with Gasteiger partial charge in [0.15, 0.2) is 0 Å². The number of hydrogen-bond acceptors (Lipinski definition) is 3. The molecule has 1 aliphatic heterocycles. The third-order valence-electron chi connectivity index (χ3n) is 4.72. The third kappa shape index (κ3) is 3.30. The molecule has 0 aromatic heterocycles. The van der Waals surface area contributed by atoms with E-state index < -0.39 is 5.92 Å². The van der Waals surface area contributed by atoms with Gasteiger partial charge in [-0.1, -0.05) is 48.5 Å². The second-order valence-electron chi connectivity index (χ2n) is 6.50. The second kappa shape index (κ2) is 7.48.